The van der Waals surface area contributed by atoms with Gasteiger partial charge in [0.1, 0.15) is 0 Å². The molecule has 3 heteroatoms. The molecule has 0 fully saturated rings. The van der Waals surface area contributed by atoms with Crippen molar-refractivity contribution in [2.45, 2.75) is 0 Å². The molecule has 0 saturated carbocycles. The van der Waals surface area contributed by atoms with Crippen molar-refractivity contribution in [3.05, 3.63) is 84.5 Å². The maximum absolute atomic E-state index is 12.6. The van der Waals surface area contributed by atoms with Crippen molar-refractivity contribution < 1.29 is 9.59 Å². The summed E-state index contributed by atoms with van der Waals surface area (Å²) in [5, 5.41) is 0. The number of carbonyl (C=O) groups excluding carboxylic acids is 2. The lowest BCUT2D eigenvalue weighted by molar-refractivity contribution is 0.0791. The zero-order chi connectivity index (χ0) is 16.4. The van der Waals surface area contributed by atoms with Crippen LogP contribution in [0.4, 0.5) is 0 Å². The molecule has 114 valence electrons. The minimum atomic E-state index is -0.128. The molecule has 1 amide bonds. The van der Waals surface area contributed by atoms with Crippen molar-refractivity contribution >= 4 is 11.7 Å². The van der Waals surface area contributed by atoms with Crippen LogP contribution in [0.25, 0.3) is 11.1 Å². The molecule has 3 nitrogen and oxygen atoms in total. The molecule has 0 N–H and O–H groups in total. The number of hydrogen-bond acceptors (Lipinski definition) is 2. The normalized spacial score (nSPS) is 11.6. The van der Waals surface area contributed by atoms with E-state index in [1.807, 2.05) is 30.3 Å². The van der Waals surface area contributed by atoms with E-state index in [4.69, 9.17) is 0 Å². The van der Waals surface area contributed by atoms with Gasteiger partial charge in [0.05, 0.1) is 0 Å². The Bertz CT molecular complexity index is 810. The van der Waals surface area contributed by atoms with Gasteiger partial charge in [-0.15, -0.1) is 13.2 Å². The van der Waals surface area contributed by atoms with Gasteiger partial charge in [-0.1, -0.05) is 42.5 Å². The average Bonchev–Trinajstić information content (AvgIpc) is 2.87. The Balaban J connectivity index is 2.00. The van der Waals surface area contributed by atoms with Crippen molar-refractivity contribution in [1.29, 1.82) is 0 Å². The van der Waals surface area contributed by atoms with E-state index in [2.05, 4.69) is 13.2 Å². The summed E-state index contributed by atoms with van der Waals surface area (Å²) in [5.41, 5.74) is 3.62. The Morgan fingerprint density at radius 2 is 1.52 bits per heavy atom. The maximum atomic E-state index is 12.6. The van der Waals surface area contributed by atoms with Crippen LogP contribution < -0.4 is 0 Å². The van der Waals surface area contributed by atoms with E-state index < -0.39 is 0 Å². The second-order valence-electron chi connectivity index (χ2n) is 5.42. The van der Waals surface area contributed by atoms with Crippen LogP contribution in [0.5, 0.6) is 0 Å². The smallest absolute Gasteiger partial charge is 0.254 e. The van der Waals surface area contributed by atoms with Gasteiger partial charge in [-0.05, 0) is 23.3 Å². The molecule has 1 aliphatic carbocycles. The topological polar surface area (TPSA) is 37.4 Å². The van der Waals surface area contributed by atoms with Crippen molar-refractivity contribution in [2.24, 2.45) is 0 Å². The molecule has 2 aromatic rings. The van der Waals surface area contributed by atoms with E-state index in [1.54, 1.807) is 29.2 Å². The lowest BCUT2D eigenvalue weighted by Crippen LogP contribution is -2.31. The van der Waals surface area contributed by atoms with E-state index in [-0.39, 0.29) is 11.7 Å². The predicted octanol–water partition coefficient (Wildman–Crippen LogP) is 3.71. The van der Waals surface area contributed by atoms with Crippen LogP contribution in [0.15, 0.2) is 67.8 Å². The van der Waals surface area contributed by atoms with Gasteiger partial charge < -0.3 is 4.90 Å². The predicted molar refractivity (Wildman–Crippen MR) is 91.6 cm³/mol. The summed E-state index contributed by atoms with van der Waals surface area (Å²) in [4.78, 5) is 26.8. The lowest BCUT2D eigenvalue weighted by atomic mass is 10.0. The van der Waals surface area contributed by atoms with Crippen molar-refractivity contribution in [3.8, 4) is 11.1 Å². The Kier molecular flexibility index (Phi) is 3.94. The van der Waals surface area contributed by atoms with Gasteiger partial charge in [-0.2, -0.15) is 0 Å². The Morgan fingerprint density at radius 1 is 0.913 bits per heavy atom. The number of ketones is 1. The second kappa shape index (κ2) is 6.05. The molecule has 0 bridgehead atoms. The average molecular weight is 303 g/mol. The van der Waals surface area contributed by atoms with Crippen molar-refractivity contribution in [1.82, 2.24) is 4.90 Å². The van der Waals surface area contributed by atoms with Gasteiger partial charge in [-0.25, -0.2) is 0 Å². The molecule has 0 heterocycles. The molecule has 0 atom stereocenters. The summed E-state index contributed by atoms with van der Waals surface area (Å²) >= 11 is 0. The SMILES string of the molecule is C=CCN(CC=C)C(=O)c1ccc2c(c1)C(=O)c1ccccc1-2. The molecular weight excluding hydrogens is 286 g/mol. The molecule has 0 aliphatic heterocycles. The Hall–Kier alpha value is -2.94. The lowest BCUT2D eigenvalue weighted by Gasteiger charge is -2.19. The zero-order valence-electron chi connectivity index (χ0n) is 12.8. The van der Waals surface area contributed by atoms with Crippen LogP contribution in [0, 0.1) is 0 Å². The first kappa shape index (κ1) is 15.0. The highest BCUT2D eigenvalue weighted by molar-refractivity contribution is 6.22. The second-order valence-corrected chi connectivity index (χ2v) is 5.42. The number of rotatable bonds is 5. The number of amides is 1. The quantitative estimate of drug-likeness (QED) is 0.674. The summed E-state index contributed by atoms with van der Waals surface area (Å²) < 4.78 is 0. The minimum absolute atomic E-state index is 0.0239. The summed E-state index contributed by atoms with van der Waals surface area (Å²) in [5.74, 6) is -0.152. The largest absolute Gasteiger partial charge is 0.331 e. The summed E-state index contributed by atoms with van der Waals surface area (Å²) in [7, 11) is 0. The highest BCUT2D eigenvalue weighted by Gasteiger charge is 2.27. The molecule has 23 heavy (non-hydrogen) atoms. The molecule has 0 radical (unpaired) electrons. The van der Waals surface area contributed by atoms with Gasteiger partial charge >= 0.3 is 0 Å². The van der Waals surface area contributed by atoms with Crippen LogP contribution in [0.1, 0.15) is 26.3 Å². The monoisotopic (exact) mass is 303 g/mol. The van der Waals surface area contributed by atoms with Crippen LogP contribution in [-0.4, -0.2) is 29.7 Å². The Morgan fingerprint density at radius 3 is 2.17 bits per heavy atom. The molecular formula is C20H17NO2. The van der Waals surface area contributed by atoms with E-state index in [0.29, 0.717) is 29.8 Å². The molecule has 1 aliphatic rings. The van der Waals surface area contributed by atoms with Gasteiger partial charge in [0.25, 0.3) is 5.91 Å². The van der Waals surface area contributed by atoms with Crippen LogP contribution in [0.3, 0.4) is 0 Å². The third-order valence-electron chi connectivity index (χ3n) is 3.96. The number of carbonyl (C=O) groups is 2. The molecule has 0 spiro atoms. The highest BCUT2D eigenvalue weighted by Crippen LogP contribution is 2.36. The molecule has 0 unspecified atom stereocenters. The third kappa shape index (κ3) is 2.50. The standard InChI is InChI=1S/C20H17NO2/c1-3-11-21(12-4-2)20(23)14-9-10-16-15-7-5-6-8-17(15)19(22)18(16)13-14/h3-10,13H,1-2,11-12H2. The summed E-state index contributed by atoms with van der Waals surface area (Å²) in [6, 6.07) is 12.8. The molecule has 0 aromatic heterocycles. The number of hydrogen-bond donors (Lipinski definition) is 0. The number of fused-ring (bicyclic) bond motifs is 3. The van der Waals surface area contributed by atoms with Crippen LogP contribution >= 0.6 is 0 Å². The number of benzene rings is 2. The van der Waals surface area contributed by atoms with E-state index in [0.717, 1.165) is 11.1 Å². The zero-order valence-corrected chi connectivity index (χ0v) is 12.8. The first-order valence-electron chi connectivity index (χ1n) is 7.46. The first-order valence-corrected chi connectivity index (χ1v) is 7.46. The van der Waals surface area contributed by atoms with Gasteiger partial charge in [0.15, 0.2) is 5.78 Å². The Labute approximate surface area is 135 Å². The molecule has 2 aromatic carbocycles. The van der Waals surface area contributed by atoms with Crippen molar-refractivity contribution in [2.75, 3.05) is 13.1 Å². The fourth-order valence-corrected chi connectivity index (χ4v) is 2.90. The van der Waals surface area contributed by atoms with Crippen LogP contribution in [-0.2, 0) is 0 Å². The van der Waals surface area contributed by atoms with Gasteiger partial charge in [0.2, 0.25) is 0 Å². The van der Waals surface area contributed by atoms with E-state index >= 15 is 0 Å². The van der Waals surface area contributed by atoms with Gasteiger partial charge in [0, 0.05) is 29.8 Å². The summed E-state index contributed by atoms with van der Waals surface area (Å²) in [6.45, 7) is 8.23. The van der Waals surface area contributed by atoms with Gasteiger partial charge in [-0.3, -0.25) is 9.59 Å². The van der Waals surface area contributed by atoms with E-state index in [1.165, 1.54) is 0 Å². The molecule has 3 rings (SSSR count). The summed E-state index contributed by atoms with van der Waals surface area (Å²) in [6.07, 6.45) is 3.35. The van der Waals surface area contributed by atoms with Crippen molar-refractivity contribution in [3.63, 3.8) is 0 Å². The molecule has 0 saturated heterocycles. The minimum Gasteiger partial charge on any atom is -0.331 e. The van der Waals surface area contributed by atoms with E-state index in [9.17, 15) is 9.59 Å². The third-order valence-corrected chi connectivity index (χ3v) is 3.96. The highest BCUT2D eigenvalue weighted by atomic mass is 16.2. The fourth-order valence-electron chi connectivity index (χ4n) is 2.90. The maximum Gasteiger partial charge on any atom is 0.254 e. The number of nitrogens with zero attached hydrogens (tertiary/aromatic N) is 1. The van der Waals surface area contributed by atoms with Crippen LogP contribution in [0.2, 0.25) is 0 Å². The fraction of sp³-hybridized carbons (Fsp3) is 0.100. The first-order chi connectivity index (χ1) is 11.2.